The minimum Gasteiger partial charge on any atom is -0.292 e. The van der Waals surface area contributed by atoms with Gasteiger partial charge in [-0.3, -0.25) is 19.4 Å². The van der Waals surface area contributed by atoms with Gasteiger partial charge in [0.05, 0.1) is 13.2 Å². The molecule has 2 aliphatic rings. The van der Waals surface area contributed by atoms with Gasteiger partial charge in [0.2, 0.25) is 0 Å². The highest BCUT2D eigenvalue weighted by Crippen LogP contribution is 2.24. The molecule has 0 fully saturated rings. The van der Waals surface area contributed by atoms with Crippen LogP contribution in [0.2, 0.25) is 0 Å². The van der Waals surface area contributed by atoms with E-state index in [2.05, 4.69) is 97.1 Å². The molecule has 0 saturated heterocycles. The monoisotopic (exact) mass is 474 g/mol. The van der Waals surface area contributed by atoms with Crippen LogP contribution in [0.15, 0.2) is 97.1 Å². The summed E-state index contributed by atoms with van der Waals surface area (Å²) in [6.45, 7) is 0.837. The Bertz CT molecular complexity index is 1150. The predicted octanol–water partition coefficient (Wildman–Crippen LogP) is 4.02. The van der Waals surface area contributed by atoms with Gasteiger partial charge in [-0.15, -0.1) is 0 Å². The minimum absolute atomic E-state index is 0.159. The van der Waals surface area contributed by atoms with E-state index in [1.807, 2.05) is 0 Å². The molecule has 6 rings (SSSR count). The van der Waals surface area contributed by atoms with E-state index in [1.165, 1.54) is 44.1 Å². The Morgan fingerprint density at radius 1 is 0.389 bits per heavy atom. The molecule has 36 heavy (non-hydrogen) atoms. The molecule has 0 aliphatic carbocycles. The molecule has 4 nitrogen and oxygen atoms in total. The first kappa shape index (κ1) is 23.3. The van der Waals surface area contributed by atoms with E-state index >= 15 is 0 Å². The van der Waals surface area contributed by atoms with Crippen molar-refractivity contribution < 1.29 is 19.4 Å². The van der Waals surface area contributed by atoms with Gasteiger partial charge in [-0.05, 0) is 56.9 Å². The van der Waals surface area contributed by atoms with E-state index in [-0.39, 0.29) is 13.8 Å². The maximum Gasteiger partial charge on any atom is 0.406 e. The zero-order chi connectivity index (χ0) is 24.2. The molecule has 0 N–H and O–H groups in total. The van der Waals surface area contributed by atoms with Gasteiger partial charge in [0.25, 0.3) is 0 Å². The van der Waals surface area contributed by atoms with Gasteiger partial charge in [-0.2, -0.15) is 0 Å². The lowest BCUT2D eigenvalue weighted by atomic mass is 9.59. The Labute approximate surface area is 213 Å². The van der Waals surface area contributed by atoms with Crippen LogP contribution in [0.5, 0.6) is 0 Å². The maximum absolute atomic E-state index is 5.87. The van der Waals surface area contributed by atoms with Crippen LogP contribution >= 0.6 is 0 Å². The summed E-state index contributed by atoms with van der Waals surface area (Å²) in [4.78, 5) is 23.0. The summed E-state index contributed by atoms with van der Waals surface area (Å²) in [6, 6.07) is 33.5. The second-order valence-electron chi connectivity index (χ2n) is 9.36. The van der Waals surface area contributed by atoms with Crippen molar-refractivity contribution >= 4 is 35.7 Å². The molecule has 0 amide bonds. The minimum atomic E-state index is -0.159. The van der Waals surface area contributed by atoms with Gasteiger partial charge >= 0.3 is 13.8 Å². The molecule has 2 aliphatic heterocycles. The van der Waals surface area contributed by atoms with E-state index in [1.54, 1.807) is 0 Å². The third kappa shape index (κ3) is 4.54. The van der Waals surface area contributed by atoms with Gasteiger partial charge in [0.1, 0.15) is 0 Å². The molecular weight excluding hydrogens is 446 g/mol. The molecule has 0 radical (unpaired) electrons. The van der Waals surface area contributed by atoms with E-state index in [0.29, 0.717) is 13.2 Å². The van der Waals surface area contributed by atoms with E-state index in [4.69, 9.17) is 19.4 Å². The van der Waals surface area contributed by atoms with Crippen LogP contribution in [0.1, 0.15) is 25.7 Å². The smallest absolute Gasteiger partial charge is 0.292 e. The number of fused-ring (bicyclic) bond motifs is 6. The number of unbranched alkanes of at least 4 members (excludes halogenated alkanes) is 3. The van der Waals surface area contributed by atoms with E-state index < -0.39 is 0 Å². The average molecular weight is 474 g/mol. The van der Waals surface area contributed by atoms with Crippen molar-refractivity contribution in [3.63, 3.8) is 0 Å². The van der Waals surface area contributed by atoms with Crippen LogP contribution in [0.3, 0.4) is 0 Å². The third-order valence-corrected chi connectivity index (χ3v) is 7.09. The van der Waals surface area contributed by atoms with Crippen molar-refractivity contribution in [3.05, 3.63) is 97.1 Å². The lowest BCUT2D eigenvalue weighted by Gasteiger charge is -2.11. The second kappa shape index (κ2) is 10.9. The molecule has 0 bridgehead atoms. The molecular formula is C30H28B2O4. The highest BCUT2D eigenvalue weighted by molar-refractivity contribution is 6.85. The van der Waals surface area contributed by atoms with Gasteiger partial charge in [0, 0.05) is 0 Å². The maximum atomic E-state index is 5.87. The predicted molar refractivity (Wildman–Crippen MR) is 146 cm³/mol. The lowest BCUT2D eigenvalue weighted by molar-refractivity contribution is -0.212. The SMILES string of the molecule is c1ccc2c(c1)B(OOCCCCCCOOB1c3ccccc3-c3ccccc31)c1ccccc1-2. The van der Waals surface area contributed by atoms with Crippen molar-refractivity contribution in [1.29, 1.82) is 0 Å². The first-order valence-corrected chi connectivity index (χ1v) is 12.8. The molecule has 4 aromatic carbocycles. The summed E-state index contributed by atoms with van der Waals surface area (Å²) in [7, 11) is 0. The van der Waals surface area contributed by atoms with Crippen LogP contribution < -0.4 is 21.9 Å². The summed E-state index contributed by atoms with van der Waals surface area (Å²) >= 11 is 0. The second-order valence-corrected chi connectivity index (χ2v) is 9.36. The fourth-order valence-electron chi connectivity index (χ4n) is 5.33. The van der Waals surface area contributed by atoms with Crippen molar-refractivity contribution in [2.45, 2.75) is 25.7 Å². The molecule has 0 aromatic heterocycles. The Kier molecular flexibility index (Phi) is 7.01. The molecule has 0 spiro atoms. The van der Waals surface area contributed by atoms with E-state index in [9.17, 15) is 0 Å². The topological polar surface area (TPSA) is 36.9 Å². The lowest BCUT2D eigenvalue weighted by Crippen LogP contribution is -2.41. The van der Waals surface area contributed by atoms with Crippen molar-refractivity contribution in [2.75, 3.05) is 13.2 Å². The molecule has 178 valence electrons. The quantitative estimate of drug-likeness (QED) is 0.143. The van der Waals surface area contributed by atoms with Gasteiger partial charge in [0.15, 0.2) is 0 Å². The molecule has 0 atom stereocenters. The van der Waals surface area contributed by atoms with Crippen LogP contribution in [-0.2, 0) is 19.4 Å². The summed E-state index contributed by atoms with van der Waals surface area (Å²) < 4.78 is 0. The molecule has 0 unspecified atom stereocenters. The van der Waals surface area contributed by atoms with Gasteiger partial charge in [-0.25, -0.2) is 0 Å². The van der Waals surface area contributed by atoms with Crippen LogP contribution in [0.4, 0.5) is 0 Å². The van der Waals surface area contributed by atoms with Gasteiger partial charge < -0.3 is 0 Å². The first-order valence-electron chi connectivity index (χ1n) is 12.8. The Morgan fingerprint density at radius 3 is 1.03 bits per heavy atom. The van der Waals surface area contributed by atoms with Crippen molar-refractivity contribution in [3.8, 4) is 22.3 Å². The standard InChI is InChI=1S/C30H28B2O4/c1(11-21-33-35-31-27-17-7-3-13-23(27)24-14-4-8-18-28(24)31)2-12-22-34-36-32-29-19-9-5-15-25(29)26-16-6-10-20-30(26)32/h3-10,13-20H,1-2,11-12,21-22H2. The van der Waals surface area contributed by atoms with Crippen LogP contribution in [-0.4, -0.2) is 27.0 Å². The fraction of sp³-hybridized carbons (Fsp3) is 0.200. The van der Waals surface area contributed by atoms with Crippen molar-refractivity contribution in [1.82, 2.24) is 0 Å². The average Bonchev–Trinajstić information content (AvgIpc) is 3.43. The van der Waals surface area contributed by atoms with E-state index in [0.717, 1.165) is 25.7 Å². The largest absolute Gasteiger partial charge is 0.406 e. The Balaban J connectivity index is 0.899. The normalized spacial score (nSPS) is 12.9. The fourth-order valence-corrected chi connectivity index (χ4v) is 5.33. The van der Waals surface area contributed by atoms with Crippen LogP contribution in [0.25, 0.3) is 22.3 Å². The summed E-state index contributed by atoms with van der Waals surface area (Å²) in [5, 5.41) is 0. The van der Waals surface area contributed by atoms with Crippen LogP contribution in [0, 0.1) is 0 Å². The number of rotatable bonds is 11. The summed E-state index contributed by atoms with van der Waals surface area (Å²) in [6.07, 6.45) is 4.00. The zero-order valence-electron chi connectivity index (χ0n) is 20.3. The third-order valence-electron chi connectivity index (χ3n) is 7.09. The molecule has 2 heterocycles. The highest BCUT2D eigenvalue weighted by atomic mass is 17.2. The molecule has 6 heteroatoms. The Hall–Kier alpha value is -3.15. The zero-order valence-corrected chi connectivity index (χ0v) is 20.3. The molecule has 0 saturated carbocycles. The molecule has 4 aromatic rings. The first-order chi connectivity index (χ1) is 17.9. The highest BCUT2D eigenvalue weighted by Gasteiger charge is 2.35. The number of benzene rings is 4. The van der Waals surface area contributed by atoms with Crippen molar-refractivity contribution in [2.24, 2.45) is 0 Å². The Morgan fingerprint density at radius 2 is 0.694 bits per heavy atom. The van der Waals surface area contributed by atoms with Gasteiger partial charge in [-0.1, -0.05) is 110 Å². The number of hydrogen-bond donors (Lipinski definition) is 0. The summed E-state index contributed by atoms with van der Waals surface area (Å²) in [5.74, 6) is 0. The number of hydrogen-bond acceptors (Lipinski definition) is 4. The summed E-state index contributed by atoms with van der Waals surface area (Å²) in [5.41, 5.74) is 9.60.